The van der Waals surface area contributed by atoms with Crippen LogP contribution in [-0.4, -0.2) is 38.9 Å². The summed E-state index contributed by atoms with van der Waals surface area (Å²) in [6.07, 6.45) is 6.78. The van der Waals surface area contributed by atoms with E-state index >= 15 is 0 Å². The van der Waals surface area contributed by atoms with Crippen molar-refractivity contribution in [3.05, 3.63) is 47.5 Å². The van der Waals surface area contributed by atoms with Gasteiger partial charge in [-0.15, -0.1) is 11.3 Å². The van der Waals surface area contributed by atoms with Gasteiger partial charge in [-0.25, -0.2) is 19.3 Å². The molecule has 0 radical (unpaired) electrons. The average molecular weight is 413 g/mol. The number of anilines is 4. The van der Waals surface area contributed by atoms with E-state index in [1.165, 1.54) is 36.2 Å². The fourth-order valence-corrected chi connectivity index (χ4v) is 3.87. The molecule has 10 heteroatoms. The third-order valence-corrected chi connectivity index (χ3v) is 5.33. The van der Waals surface area contributed by atoms with Crippen LogP contribution in [0.2, 0.25) is 0 Å². The van der Waals surface area contributed by atoms with Crippen LogP contribution in [-0.2, 0) is 11.2 Å². The second-order valence-electron chi connectivity index (χ2n) is 6.65. The molecule has 0 spiro atoms. The van der Waals surface area contributed by atoms with E-state index in [2.05, 4.69) is 35.5 Å². The molecule has 1 amide bonds. The summed E-state index contributed by atoms with van der Waals surface area (Å²) in [5, 5.41) is 6.34. The van der Waals surface area contributed by atoms with Gasteiger partial charge in [-0.1, -0.05) is 6.07 Å². The Hall–Kier alpha value is -3.14. The molecule has 1 aliphatic rings. The van der Waals surface area contributed by atoms with E-state index in [0.717, 1.165) is 30.8 Å². The Morgan fingerprint density at radius 2 is 2.03 bits per heavy atom. The smallest absolute Gasteiger partial charge is 0.233 e. The summed E-state index contributed by atoms with van der Waals surface area (Å²) in [6, 6.07) is 5.79. The lowest BCUT2D eigenvalue weighted by Gasteiger charge is -2.26. The summed E-state index contributed by atoms with van der Waals surface area (Å²) in [6.45, 7) is 1.90. The first-order valence-electron chi connectivity index (χ1n) is 9.37. The van der Waals surface area contributed by atoms with E-state index in [1.54, 1.807) is 18.3 Å². The Balaban J connectivity index is 1.36. The highest BCUT2D eigenvalue weighted by molar-refractivity contribution is 7.15. The summed E-state index contributed by atoms with van der Waals surface area (Å²) >= 11 is 1.34. The van der Waals surface area contributed by atoms with E-state index in [4.69, 9.17) is 0 Å². The van der Waals surface area contributed by atoms with Gasteiger partial charge in [0.25, 0.3) is 0 Å². The fourth-order valence-electron chi connectivity index (χ4n) is 3.07. The van der Waals surface area contributed by atoms with Crippen LogP contribution in [0.25, 0.3) is 0 Å². The molecule has 2 N–H and O–H groups in total. The number of benzene rings is 1. The quantitative estimate of drug-likeness (QED) is 0.639. The lowest BCUT2D eigenvalue weighted by Crippen LogP contribution is -2.31. The van der Waals surface area contributed by atoms with Gasteiger partial charge < -0.3 is 10.2 Å². The molecule has 150 valence electrons. The number of halogens is 1. The Morgan fingerprint density at radius 3 is 2.86 bits per heavy atom. The Morgan fingerprint density at radius 1 is 1.17 bits per heavy atom. The van der Waals surface area contributed by atoms with Gasteiger partial charge in [0.2, 0.25) is 17.8 Å². The normalized spacial score (nSPS) is 13.9. The first-order chi connectivity index (χ1) is 14.2. The van der Waals surface area contributed by atoms with Gasteiger partial charge >= 0.3 is 0 Å². The van der Waals surface area contributed by atoms with E-state index in [0.29, 0.717) is 22.7 Å². The largest absolute Gasteiger partial charge is 0.341 e. The van der Waals surface area contributed by atoms with Crippen LogP contribution in [0.4, 0.5) is 27.1 Å². The molecule has 1 aromatic carbocycles. The molecule has 3 aromatic rings. The molecule has 0 bridgehead atoms. The van der Waals surface area contributed by atoms with E-state index < -0.39 is 5.82 Å². The maximum absolute atomic E-state index is 13.2. The SMILES string of the molecule is O=C(Cc1cnc(Nc2ncnc(N3CCCCC3)n2)s1)Nc1cccc(F)c1. The molecule has 2 aromatic heterocycles. The number of thiazole rings is 1. The van der Waals surface area contributed by atoms with Crippen LogP contribution in [0.1, 0.15) is 24.1 Å². The number of hydrogen-bond acceptors (Lipinski definition) is 8. The number of amides is 1. The highest BCUT2D eigenvalue weighted by Crippen LogP contribution is 2.23. The monoisotopic (exact) mass is 413 g/mol. The molecular weight excluding hydrogens is 393 g/mol. The highest BCUT2D eigenvalue weighted by atomic mass is 32.1. The van der Waals surface area contributed by atoms with Crippen molar-refractivity contribution < 1.29 is 9.18 Å². The van der Waals surface area contributed by atoms with E-state index in [1.807, 2.05) is 0 Å². The van der Waals surface area contributed by atoms with Crippen LogP contribution in [0.5, 0.6) is 0 Å². The number of rotatable bonds is 6. The van der Waals surface area contributed by atoms with Gasteiger partial charge in [-0.05, 0) is 37.5 Å². The molecule has 0 unspecified atom stereocenters. The number of piperidine rings is 1. The van der Waals surface area contributed by atoms with Gasteiger partial charge in [0.05, 0.1) is 6.42 Å². The van der Waals surface area contributed by atoms with Crippen molar-refractivity contribution in [3.63, 3.8) is 0 Å². The Kier molecular flexibility index (Phi) is 5.89. The fraction of sp³-hybridized carbons (Fsp3) is 0.316. The Bertz CT molecular complexity index is 990. The predicted molar refractivity (Wildman–Crippen MR) is 110 cm³/mol. The van der Waals surface area contributed by atoms with Gasteiger partial charge in [-0.2, -0.15) is 4.98 Å². The first kappa shape index (κ1) is 19.2. The lowest BCUT2D eigenvalue weighted by molar-refractivity contribution is -0.115. The number of aromatic nitrogens is 4. The zero-order valence-corrected chi connectivity index (χ0v) is 16.5. The first-order valence-corrected chi connectivity index (χ1v) is 10.2. The van der Waals surface area contributed by atoms with Gasteiger partial charge in [-0.3, -0.25) is 10.1 Å². The molecule has 29 heavy (non-hydrogen) atoms. The van der Waals surface area contributed by atoms with Gasteiger partial charge in [0, 0.05) is 29.9 Å². The molecule has 8 nitrogen and oxygen atoms in total. The van der Waals surface area contributed by atoms with Gasteiger partial charge in [0.15, 0.2) is 5.13 Å². The molecule has 1 saturated heterocycles. The van der Waals surface area contributed by atoms with Crippen molar-refractivity contribution in [1.82, 2.24) is 19.9 Å². The van der Waals surface area contributed by atoms with Crippen LogP contribution >= 0.6 is 11.3 Å². The summed E-state index contributed by atoms with van der Waals surface area (Å²) in [5.41, 5.74) is 0.424. The summed E-state index contributed by atoms with van der Waals surface area (Å²) < 4.78 is 13.2. The molecule has 3 heterocycles. The summed E-state index contributed by atoms with van der Waals surface area (Å²) in [4.78, 5) is 32.3. The summed E-state index contributed by atoms with van der Waals surface area (Å²) in [5.74, 6) is 0.450. The van der Waals surface area contributed by atoms with Crippen molar-refractivity contribution in [3.8, 4) is 0 Å². The topological polar surface area (TPSA) is 95.9 Å². The van der Waals surface area contributed by atoms with Crippen molar-refractivity contribution >= 4 is 40.0 Å². The van der Waals surface area contributed by atoms with Crippen LogP contribution in [0.3, 0.4) is 0 Å². The lowest BCUT2D eigenvalue weighted by atomic mass is 10.1. The van der Waals surface area contributed by atoms with E-state index in [-0.39, 0.29) is 12.3 Å². The third kappa shape index (κ3) is 5.23. The Labute approximate surface area is 171 Å². The number of nitrogens with zero attached hydrogens (tertiary/aromatic N) is 5. The van der Waals surface area contributed by atoms with Crippen LogP contribution in [0, 0.1) is 5.82 Å². The van der Waals surface area contributed by atoms with Crippen molar-refractivity contribution in [1.29, 1.82) is 0 Å². The zero-order chi connectivity index (χ0) is 20.1. The molecule has 1 fully saturated rings. The second kappa shape index (κ2) is 8.91. The molecule has 0 saturated carbocycles. The van der Waals surface area contributed by atoms with Crippen LogP contribution in [0.15, 0.2) is 36.8 Å². The number of carbonyl (C=O) groups is 1. The highest BCUT2D eigenvalue weighted by Gasteiger charge is 2.15. The number of hydrogen-bond donors (Lipinski definition) is 2. The zero-order valence-electron chi connectivity index (χ0n) is 15.6. The molecular formula is C19H20FN7OS. The van der Waals surface area contributed by atoms with Crippen LogP contribution < -0.4 is 15.5 Å². The van der Waals surface area contributed by atoms with Crippen molar-refractivity contribution in [2.24, 2.45) is 0 Å². The average Bonchev–Trinajstić information content (AvgIpc) is 3.15. The van der Waals surface area contributed by atoms with E-state index in [9.17, 15) is 9.18 Å². The minimum atomic E-state index is -0.395. The minimum Gasteiger partial charge on any atom is -0.341 e. The van der Waals surface area contributed by atoms with Crippen molar-refractivity contribution in [2.45, 2.75) is 25.7 Å². The summed E-state index contributed by atoms with van der Waals surface area (Å²) in [7, 11) is 0. The third-order valence-electron chi connectivity index (χ3n) is 4.41. The number of carbonyl (C=O) groups excluding carboxylic acids is 1. The molecule has 1 aliphatic heterocycles. The molecule has 0 aliphatic carbocycles. The maximum Gasteiger partial charge on any atom is 0.233 e. The van der Waals surface area contributed by atoms with Crippen molar-refractivity contribution in [2.75, 3.05) is 28.6 Å². The minimum absolute atomic E-state index is 0.145. The number of nitrogens with one attached hydrogen (secondary N) is 2. The molecule has 0 atom stereocenters. The predicted octanol–water partition coefficient (Wildman–Crippen LogP) is 3.38. The molecule has 4 rings (SSSR count). The maximum atomic E-state index is 13.2. The van der Waals surface area contributed by atoms with Gasteiger partial charge in [0.1, 0.15) is 12.1 Å². The standard InChI is InChI=1S/C19H20FN7OS/c20-13-5-4-6-14(9-13)24-16(28)10-15-11-21-19(29-15)26-17-22-12-23-18(25-17)27-7-2-1-3-8-27/h4-6,9,11-12H,1-3,7-8,10H2,(H,24,28)(H,21,22,23,25,26). The second-order valence-corrected chi connectivity index (χ2v) is 7.76.